The van der Waals surface area contributed by atoms with Crippen molar-refractivity contribution in [1.29, 1.82) is 0 Å². The molecule has 0 nitrogen and oxygen atoms in total. The van der Waals surface area contributed by atoms with Crippen LogP contribution < -0.4 is 0 Å². The summed E-state index contributed by atoms with van der Waals surface area (Å²) in [5, 5.41) is 2.97. The van der Waals surface area contributed by atoms with E-state index in [4.69, 9.17) is 0 Å². The number of hydrogen-bond donors (Lipinski definition) is 0. The molecule has 2 aromatic rings. The first kappa shape index (κ1) is 14.1. The minimum Gasteiger partial charge on any atom is -0.0654 e. The summed E-state index contributed by atoms with van der Waals surface area (Å²) in [4.78, 5) is 0. The molecule has 0 unspecified atom stereocenters. The van der Waals surface area contributed by atoms with Crippen molar-refractivity contribution in [3.05, 3.63) is 46.0 Å². The third kappa shape index (κ3) is 2.54. The molecule has 0 atom stereocenters. The number of hydrogen-bond acceptors (Lipinski definition) is 0. The average molecular weight is 254 g/mol. The van der Waals surface area contributed by atoms with Gasteiger partial charge in [0.25, 0.3) is 0 Å². The Morgan fingerprint density at radius 1 is 0.842 bits per heavy atom. The summed E-state index contributed by atoms with van der Waals surface area (Å²) in [7, 11) is 0. The number of benzene rings is 2. The molecule has 0 saturated heterocycles. The Bertz CT molecular complexity index is 591. The highest BCUT2D eigenvalue weighted by Crippen LogP contribution is 2.32. The molecule has 0 N–H and O–H groups in total. The van der Waals surface area contributed by atoms with Crippen molar-refractivity contribution in [2.45, 2.75) is 60.3 Å². The fraction of sp³-hybridized carbons (Fsp3) is 0.474. The minimum atomic E-state index is 1.22. The van der Waals surface area contributed by atoms with Crippen LogP contribution in [0.5, 0.6) is 0 Å². The van der Waals surface area contributed by atoms with Gasteiger partial charge in [-0.2, -0.15) is 0 Å². The van der Waals surface area contributed by atoms with E-state index in [1.165, 1.54) is 58.7 Å². The molecule has 0 aliphatic carbocycles. The van der Waals surface area contributed by atoms with Crippen LogP contribution in [0.3, 0.4) is 0 Å². The van der Waals surface area contributed by atoms with Crippen LogP contribution in [0, 0.1) is 27.7 Å². The second kappa shape index (κ2) is 5.77. The molecule has 0 heterocycles. The van der Waals surface area contributed by atoms with E-state index in [-0.39, 0.29) is 0 Å². The van der Waals surface area contributed by atoms with Crippen LogP contribution in [-0.4, -0.2) is 0 Å². The van der Waals surface area contributed by atoms with E-state index in [0.29, 0.717) is 0 Å². The molecule has 0 aliphatic heterocycles. The topological polar surface area (TPSA) is 0 Å². The molecule has 2 aromatic carbocycles. The van der Waals surface area contributed by atoms with Crippen LogP contribution in [-0.2, 0) is 6.42 Å². The fourth-order valence-corrected chi connectivity index (χ4v) is 3.19. The lowest BCUT2D eigenvalue weighted by Gasteiger charge is -2.18. The van der Waals surface area contributed by atoms with Crippen molar-refractivity contribution in [2.24, 2.45) is 0 Å². The van der Waals surface area contributed by atoms with E-state index >= 15 is 0 Å². The Hall–Kier alpha value is -1.30. The normalized spacial score (nSPS) is 11.2. The first-order valence-corrected chi connectivity index (χ1v) is 7.55. The number of rotatable bonds is 4. The first-order valence-electron chi connectivity index (χ1n) is 7.55. The highest BCUT2D eigenvalue weighted by molar-refractivity contribution is 5.93. The van der Waals surface area contributed by atoms with Crippen molar-refractivity contribution in [3.8, 4) is 0 Å². The highest BCUT2D eigenvalue weighted by atomic mass is 14.2. The van der Waals surface area contributed by atoms with Gasteiger partial charge in [-0.1, -0.05) is 38.0 Å². The Balaban J connectivity index is 2.64. The quantitative estimate of drug-likeness (QED) is 0.604. The highest BCUT2D eigenvalue weighted by Gasteiger charge is 2.12. The van der Waals surface area contributed by atoms with E-state index in [0.717, 1.165) is 0 Å². The summed E-state index contributed by atoms with van der Waals surface area (Å²) in [6.45, 7) is 11.4. The van der Waals surface area contributed by atoms with E-state index in [1.54, 1.807) is 5.56 Å². The molecule has 0 aromatic heterocycles. The molecule has 0 heteroatoms. The summed E-state index contributed by atoms with van der Waals surface area (Å²) >= 11 is 0. The lowest BCUT2D eigenvalue weighted by atomic mass is 9.87. The minimum absolute atomic E-state index is 1.22. The molecule has 0 fully saturated rings. The van der Waals surface area contributed by atoms with Crippen molar-refractivity contribution >= 4 is 10.8 Å². The SMILES string of the molecule is CCCCCc1c(C)c(C)c(C)c2c(C)cccc12. The zero-order valence-electron chi connectivity index (χ0n) is 13.1. The van der Waals surface area contributed by atoms with Gasteiger partial charge in [0, 0.05) is 0 Å². The van der Waals surface area contributed by atoms with Crippen molar-refractivity contribution < 1.29 is 0 Å². The first-order chi connectivity index (χ1) is 9.07. The van der Waals surface area contributed by atoms with Crippen molar-refractivity contribution in [1.82, 2.24) is 0 Å². The molecule has 19 heavy (non-hydrogen) atoms. The molecule has 0 spiro atoms. The monoisotopic (exact) mass is 254 g/mol. The molecular formula is C19H26. The summed E-state index contributed by atoms with van der Waals surface area (Å²) in [5.74, 6) is 0. The molecule has 102 valence electrons. The average Bonchev–Trinajstić information content (AvgIpc) is 2.40. The van der Waals surface area contributed by atoms with Gasteiger partial charge in [0.05, 0.1) is 0 Å². The van der Waals surface area contributed by atoms with Gasteiger partial charge in [-0.15, -0.1) is 0 Å². The Labute approximate surface area is 117 Å². The van der Waals surface area contributed by atoms with Crippen LogP contribution in [0.15, 0.2) is 18.2 Å². The van der Waals surface area contributed by atoms with Gasteiger partial charge >= 0.3 is 0 Å². The maximum atomic E-state index is 2.31. The zero-order valence-corrected chi connectivity index (χ0v) is 13.1. The Kier molecular flexibility index (Phi) is 4.29. The summed E-state index contributed by atoms with van der Waals surface area (Å²) < 4.78 is 0. The second-order valence-electron chi connectivity index (χ2n) is 5.81. The molecular weight excluding hydrogens is 228 g/mol. The van der Waals surface area contributed by atoms with Crippen LogP contribution >= 0.6 is 0 Å². The predicted molar refractivity (Wildman–Crippen MR) is 86.1 cm³/mol. The summed E-state index contributed by atoms with van der Waals surface area (Å²) in [6, 6.07) is 6.75. The van der Waals surface area contributed by atoms with Crippen molar-refractivity contribution in [3.63, 3.8) is 0 Å². The summed E-state index contributed by atoms with van der Waals surface area (Å²) in [5.41, 5.74) is 7.44. The predicted octanol–water partition coefficient (Wildman–Crippen LogP) is 5.81. The largest absolute Gasteiger partial charge is 0.0654 e. The molecule has 0 radical (unpaired) electrons. The third-order valence-electron chi connectivity index (χ3n) is 4.58. The van der Waals surface area contributed by atoms with Gasteiger partial charge in [-0.3, -0.25) is 0 Å². The van der Waals surface area contributed by atoms with Gasteiger partial charge < -0.3 is 0 Å². The molecule has 0 bridgehead atoms. The van der Waals surface area contributed by atoms with Crippen molar-refractivity contribution in [2.75, 3.05) is 0 Å². The van der Waals surface area contributed by atoms with E-state index in [2.05, 4.69) is 52.8 Å². The van der Waals surface area contributed by atoms with Crippen LogP contribution in [0.1, 0.15) is 54.0 Å². The smallest absolute Gasteiger partial charge is 0.0120 e. The maximum absolute atomic E-state index is 2.31. The standard InChI is InChI=1S/C19H26/c1-6-7-8-11-17-15(4)14(3)16(5)19-13(2)10-9-12-18(17)19/h9-10,12H,6-8,11H2,1-5H3. The van der Waals surface area contributed by atoms with Gasteiger partial charge in [0.2, 0.25) is 0 Å². The molecule has 0 amide bonds. The molecule has 0 aliphatic rings. The van der Waals surface area contributed by atoms with Gasteiger partial charge in [0.15, 0.2) is 0 Å². The van der Waals surface area contributed by atoms with Gasteiger partial charge in [-0.05, 0) is 79.1 Å². The fourth-order valence-electron chi connectivity index (χ4n) is 3.19. The zero-order chi connectivity index (χ0) is 14.0. The number of unbranched alkanes of at least 4 members (excludes halogenated alkanes) is 2. The van der Waals surface area contributed by atoms with Crippen LogP contribution in [0.2, 0.25) is 0 Å². The Morgan fingerprint density at radius 3 is 2.26 bits per heavy atom. The summed E-state index contributed by atoms with van der Waals surface area (Å²) in [6.07, 6.45) is 5.16. The lowest BCUT2D eigenvalue weighted by Crippen LogP contribution is -1.99. The van der Waals surface area contributed by atoms with Crippen LogP contribution in [0.4, 0.5) is 0 Å². The molecule has 2 rings (SSSR count). The maximum Gasteiger partial charge on any atom is -0.0120 e. The van der Waals surface area contributed by atoms with Crippen LogP contribution in [0.25, 0.3) is 10.8 Å². The van der Waals surface area contributed by atoms with E-state index < -0.39 is 0 Å². The van der Waals surface area contributed by atoms with E-state index in [9.17, 15) is 0 Å². The third-order valence-corrected chi connectivity index (χ3v) is 4.58. The number of aryl methyl sites for hydroxylation is 3. The lowest BCUT2D eigenvalue weighted by molar-refractivity contribution is 0.717. The molecule has 0 saturated carbocycles. The van der Waals surface area contributed by atoms with E-state index in [1.807, 2.05) is 0 Å². The second-order valence-corrected chi connectivity index (χ2v) is 5.81. The number of fused-ring (bicyclic) bond motifs is 1. The van der Waals surface area contributed by atoms with Gasteiger partial charge in [0.1, 0.15) is 0 Å². The van der Waals surface area contributed by atoms with Gasteiger partial charge in [-0.25, -0.2) is 0 Å². The Morgan fingerprint density at radius 2 is 1.58 bits per heavy atom.